The van der Waals surface area contributed by atoms with Gasteiger partial charge in [0.2, 0.25) is 5.95 Å². The third-order valence-electron chi connectivity index (χ3n) is 4.93. The smallest absolute Gasteiger partial charge is 0.263 e. The molecule has 0 unspecified atom stereocenters. The van der Waals surface area contributed by atoms with Gasteiger partial charge < -0.3 is 9.80 Å². The number of hydrogen-bond donors (Lipinski definition) is 1. The zero-order valence-corrected chi connectivity index (χ0v) is 16.8. The van der Waals surface area contributed by atoms with E-state index >= 15 is 0 Å². The number of para-hydroxylation sites is 1. The minimum absolute atomic E-state index is 0.186. The number of benzene rings is 2. The Hall–Kier alpha value is -3.61. The highest BCUT2D eigenvalue weighted by atomic mass is 16.1. The SMILES string of the molecule is CCN(Cc1ccc(N(C)C)cc1)c1nc2c(cnn2-c2ccccc2)c(=O)[nH]1. The van der Waals surface area contributed by atoms with E-state index in [9.17, 15) is 4.79 Å². The fraction of sp³-hybridized carbons (Fsp3) is 0.227. The predicted octanol–water partition coefficient (Wildman–Crippen LogP) is 3.20. The molecular weight excluding hydrogens is 364 g/mol. The van der Waals surface area contributed by atoms with Crippen molar-refractivity contribution in [1.29, 1.82) is 0 Å². The first-order valence-corrected chi connectivity index (χ1v) is 9.61. The molecule has 0 aliphatic rings. The van der Waals surface area contributed by atoms with Gasteiger partial charge in [-0.15, -0.1) is 0 Å². The van der Waals surface area contributed by atoms with E-state index in [1.54, 1.807) is 10.9 Å². The largest absolute Gasteiger partial charge is 0.378 e. The first-order chi connectivity index (χ1) is 14.1. The molecule has 0 atom stereocenters. The lowest BCUT2D eigenvalue weighted by atomic mass is 10.2. The molecular formula is C22H24N6O. The van der Waals surface area contributed by atoms with Crippen LogP contribution >= 0.6 is 0 Å². The monoisotopic (exact) mass is 388 g/mol. The van der Waals surface area contributed by atoms with E-state index < -0.39 is 0 Å². The number of aromatic amines is 1. The molecule has 4 aromatic rings. The highest BCUT2D eigenvalue weighted by Gasteiger charge is 2.15. The van der Waals surface area contributed by atoms with Gasteiger partial charge in [-0.1, -0.05) is 30.3 Å². The molecule has 0 aliphatic heterocycles. The number of aromatic nitrogens is 4. The maximum absolute atomic E-state index is 12.7. The van der Waals surface area contributed by atoms with Crippen LogP contribution in [0.25, 0.3) is 16.7 Å². The Balaban J connectivity index is 1.70. The summed E-state index contributed by atoms with van der Waals surface area (Å²) in [7, 11) is 4.04. The van der Waals surface area contributed by atoms with E-state index in [0.717, 1.165) is 16.9 Å². The molecule has 4 rings (SSSR count). The molecule has 0 radical (unpaired) electrons. The van der Waals surface area contributed by atoms with E-state index in [1.165, 1.54) is 0 Å². The molecule has 7 heteroatoms. The summed E-state index contributed by atoms with van der Waals surface area (Å²) in [4.78, 5) is 24.4. The van der Waals surface area contributed by atoms with Crippen LogP contribution in [0.4, 0.5) is 11.6 Å². The topological polar surface area (TPSA) is 70.1 Å². The van der Waals surface area contributed by atoms with E-state index in [0.29, 0.717) is 30.1 Å². The average molecular weight is 388 g/mol. The molecule has 2 heterocycles. The summed E-state index contributed by atoms with van der Waals surface area (Å²) >= 11 is 0. The van der Waals surface area contributed by atoms with Gasteiger partial charge in [-0.25, -0.2) is 4.68 Å². The van der Waals surface area contributed by atoms with Crippen LogP contribution in [0.15, 0.2) is 65.6 Å². The van der Waals surface area contributed by atoms with Gasteiger partial charge in [-0.05, 0) is 36.8 Å². The third kappa shape index (κ3) is 3.71. The maximum atomic E-state index is 12.7. The Kier molecular flexibility index (Phi) is 5.03. The molecule has 0 spiro atoms. The van der Waals surface area contributed by atoms with Gasteiger partial charge in [0.15, 0.2) is 5.65 Å². The maximum Gasteiger partial charge on any atom is 0.263 e. The molecule has 29 heavy (non-hydrogen) atoms. The molecule has 7 nitrogen and oxygen atoms in total. The highest BCUT2D eigenvalue weighted by molar-refractivity contribution is 5.76. The van der Waals surface area contributed by atoms with Crippen LogP contribution < -0.4 is 15.4 Å². The molecule has 2 aromatic carbocycles. The number of fused-ring (bicyclic) bond motifs is 1. The number of anilines is 2. The first-order valence-electron chi connectivity index (χ1n) is 9.61. The molecule has 0 bridgehead atoms. The predicted molar refractivity (Wildman–Crippen MR) is 117 cm³/mol. The second-order valence-corrected chi connectivity index (χ2v) is 7.09. The molecule has 0 saturated heterocycles. The molecule has 148 valence electrons. The standard InChI is InChI=1S/C22H24N6O/c1-4-27(15-16-10-12-17(13-11-16)26(2)3)22-24-20-19(21(29)25-22)14-23-28(20)18-8-6-5-7-9-18/h5-14H,4,15H2,1-3H3,(H,24,25,29). The third-order valence-corrected chi connectivity index (χ3v) is 4.93. The van der Waals surface area contributed by atoms with Gasteiger partial charge in [-0.2, -0.15) is 10.1 Å². The fourth-order valence-electron chi connectivity index (χ4n) is 3.27. The van der Waals surface area contributed by atoms with Crippen LogP contribution in [-0.4, -0.2) is 40.4 Å². The number of nitrogens with one attached hydrogen (secondary N) is 1. The van der Waals surface area contributed by atoms with Crippen molar-refractivity contribution in [3.05, 3.63) is 76.7 Å². The summed E-state index contributed by atoms with van der Waals surface area (Å²) in [5.41, 5.74) is 3.53. The average Bonchev–Trinajstić information content (AvgIpc) is 3.17. The van der Waals surface area contributed by atoms with E-state index in [4.69, 9.17) is 4.98 Å². The van der Waals surface area contributed by atoms with E-state index in [2.05, 4.69) is 39.2 Å². The van der Waals surface area contributed by atoms with Crippen molar-refractivity contribution in [1.82, 2.24) is 19.7 Å². The minimum Gasteiger partial charge on any atom is -0.378 e. The zero-order valence-electron chi connectivity index (χ0n) is 16.8. The van der Waals surface area contributed by atoms with Crippen LogP contribution in [0, 0.1) is 0 Å². The second-order valence-electron chi connectivity index (χ2n) is 7.09. The lowest BCUT2D eigenvalue weighted by Gasteiger charge is -2.22. The van der Waals surface area contributed by atoms with Crippen molar-refractivity contribution < 1.29 is 0 Å². The normalized spacial score (nSPS) is 11.0. The van der Waals surface area contributed by atoms with Gasteiger partial charge in [-0.3, -0.25) is 9.78 Å². The Bertz CT molecular complexity index is 1160. The number of nitrogens with zero attached hydrogens (tertiary/aromatic N) is 5. The lowest BCUT2D eigenvalue weighted by Crippen LogP contribution is -2.27. The Morgan fingerprint density at radius 1 is 1.03 bits per heavy atom. The van der Waals surface area contributed by atoms with Crippen molar-refractivity contribution in [3.63, 3.8) is 0 Å². The van der Waals surface area contributed by atoms with Gasteiger partial charge in [0.05, 0.1) is 11.9 Å². The van der Waals surface area contributed by atoms with E-state index in [1.807, 2.05) is 56.3 Å². The Labute approximate surface area is 169 Å². The number of H-pyrrole nitrogens is 1. The Morgan fingerprint density at radius 2 is 1.76 bits per heavy atom. The van der Waals surface area contributed by atoms with Crippen molar-refractivity contribution in [2.24, 2.45) is 0 Å². The van der Waals surface area contributed by atoms with Crippen LogP contribution in [0.1, 0.15) is 12.5 Å². The summed E-state index contributed by atoms with van der Waals surface area (Å²) in [6.07, 6.45) is 1.56. The molecule has 0 aliphatic carbocycles. The molecule has 0 saturated carbocycles. The summed E-state index contributed by atoms with van der Waals surface area (Å²) in [6, 6.07) is 18.1. The highest BCUT2D eigenvalue weighted by Crippen LogP contribution is 2.19. The summed E-state index contributed by atoms with van der Waals surface area (Å²) in [5, 5.41) is 4.85. The van der Waals surface area contributed by atoms with E-state index in [-0.39, 0.29) is 5.56 Å². The van der Waals surface area contributed by atoms with Crippen molar-refractivity contribution in [2.45, 2.75) is 13.5 Å². The summed E-state index contributed by atoms with van der Waals surface area (Å²) in [5.74, 6) is 0.541. The summed E-state index contributed by atoms with van der Waals surface area (Å²) in [6.45, 7) is 3.41. The van der Waals surface area contributed by atoms with Gasteiger partial charge in [0.1, 0.15) is 5.39 Å². The second kappa shape index (κ2) is 7.79. The van der Waals surface area contributed by atoms with Gasteiger partial charge in [0, 0.05) is 32.9 Å². The Morgan fingerprint density at radius 3 is 2.41 bits per heavy atom. The van der Waals surface area contributed by atoms with Crippen molar-refractivity contribution in [2.75, 3.05) is 30.4 Å². The fourth-order valence-corrected chi connectivity index (χ4v) is 3.27. The van der Waals surface area contributed by atoms with Crippen LogP contribution in [0.5, 0.6) is 0 Å². The first kappa shape index (κ1) is 18.7. The van der Waals surface area contributed by atoms with Crippen LogP contribution in [0.3, 0.4) is 0 Å². The summed E-state index contributed by atoms with van der Waals surface area (Å²) < 4.78 is 1.70. The number of hydrogen-bond acceptors (Lipinski definition) is 5. The molecule has 2 aromatic heterocycles. The van der Waals surface area contributed by atoms with Gasteiger partial charge in [0.25, 0.3) is 5.56 Å². The molecule has 1 N–H and O–H groups in total. The lowest BCUT2D eigenvalue weighted by molar-refractivity contribution is 0.788. The minimum atomic E-state index is -0.186. The van der Waals surface area contributed by atoms with Crippen molar-refractivity contribution in [3.8, 4) is 5.69 Å². The van der Waals surface area contributed by atoms with Crippen LogP contribution in [-0.2, 0) is 6.54 Å². The number of rotatable bonds is 6. The van der Waals surface area contributed by atoms with Crippen LogP contribution in [0.2, 0.25) is 0 Å². The zero-order chi connectivity index (χ0) is 20.4. The molecule has 0 amide bonds. The van der Waals surface area contributed by atoms with Crippen molar-refractivity contribution >= 4 is 22.7 Å². The molecule has 0 fully saturated rings. The van der Waals surface area contributed by atoms with Gasteiger partial charge >= 0.3 is 0 Å². The quantitative estimate of drug-likeness (QED) is 0.549.